The monoisotopic (exact) mass is 417 g/mol. The molecule has 4 atom stereocenters. The fraction of sp³-hybridized carbons (Fsp3) is 0.462. The highest BCUT2D eigenvalue weighted by Crippen LogP contribution is 2.56. The quantitative estimate of drug-likeness (QED) is 0.774. The lowest BCUT2D eigenvalue weighted by molar-refractivity contribution is -0.141. The van der Waals surface area contributed by atoms with E-state index in [1.807, 2.05) is 18.2 Å². The van der Waals surface area contributed by atoms with Crippen molar-refractivity contribution >= 4 is 5.97 Å². The largest absolute Gasteiger partial charge is 0.493 e. The van der Waals surface area contributed by atoms with Crippen LogP contribution < -0.4 is 9.47 Å². The summed E-state index contributed by atoms with van der Waals surface area (Å²) >= 11 is 0. The first-order valence-corrected chi connectivity index (χ1v) is 11.1. The number of benzene rings is 2. The minimum absolute atomic E-state index is 0.0545. The average molecular weight is 418 g/mol. The fourth-order valence-corrected chi connectivity index (χ4v) is 6.13. The zero-order chi connectivity index (χ0) is 21.6. The van der Waals surface area contributed by atoms with Gasteiger partial charge in [-0.05, 0) is 66.3 Å². The lowest BCUT2D eigenvalue weighted by atomic mass is 9.77. The number of methoxy groups -OCH3 is 1. The van der Waals surface area contributed by atoms with E-state index in [0.717, 1.165) is 31.2 Å². The summed E-state index contributed by atoms with van der Waals surface area (Å²) in [6, 6.07) is 16.9. The first-order chi connectivity index (χ1) is 15.0. The predicted octanol–water partition coefficient (Wildman–Crippen LogP) is 4.52. The predicted molar refractivity (Wildman–Crippen MR) is 115 cm³/mol. The molecule has 1 N–H and O–H groups in total. The summed E-state index contributed by atoms with van der Waals surface area (Å²) in [6.07, 6.45) is 4.60. The maximum atomic E-state index is 11.4. The van der Waals surface area contributed by atoms with Crippen molar-refractivity contribution in [2.24, 2.45) is 17.8 Å². The van der Waals surface area contributed by atoms with E-state index in [0.29, 0.717) is 36.2 Å². The van der Waals surface area contributed by atoms with Crippen LogP contribution in [0.15, 0.2) is 42.5 Å². The van der Waals surface area contributed by atoms with E-state index in [9.17, 15) is 15.2 Å². The lowest BCUT2D eigenvalue weighted by Crippen LogP contribution is -2.23. The smallest absolute Gasteiger partial charge is 0.306 e. The average Bonchev–Trinajstić information content (AvgIpc) is 3.44. The normalized spacial score (nSPS) is 29.2. The van der Waals surface area contributed by atoms with E-state index >= 15 is 0 Å². The van der Waals surface area contributed by atoms with Gasteiger partial charge in [-0.25, -0.2) is 0 Å². The summed E-state index contributed by atoms with van der Waals surface area (Å²) in [5, 5.41) is 19.6. The van der Waals surface area contributed by atoms with Crippen molar-refractivity contribution in [2.45, 2.75) is 50.0 Å². The van der Waals surface area contributed by atoms with Crippen LogP contribution in [0.4, 0.5) is 0 Å². The molecule has 3 aliphatic rings. The molecule has 0 aliphatic heterocycles. The Morgan fingerprint density at radius 2 is 1.71 bits per heavy atom. The molecule has 0 saturated heterocycles. The molecule has 5 nitrogen and oxygen atoms in total. The van der Waals surface area contributed by atoms with Crippen LogP contribution >= 0.6 is 0 Å². The van der Waals surface area contributed by atoms with Crippen molar-refractivity contribution in [1.29, 1.82) is 5.26 Å². The van der Waals surface area contributed by atoms with Gasteiger partial charge in [0.05, 0.1) is 24.5 Å². The molecule has 5 rings (SSSR count). The van der Waals surface area contributed by atoms with E-state index in [-0.39, 0.29) is 12.0 Å². The van der Waals surface area contributed by atoms with Gasteiger partial charge in [0.15, 0.2) is 11.5 Å². The summed E-state index contributed by atoms with van der Waals surface area (Å²) in [4.78, 5) is 11.4. The van der Waals surface area contributed by atoms with Gasteiger partial charge in [-0.1, -0.05) is 30.3 Å². The van der Waals surface area contributed by atoms with Gasteiger partial charge in [0.2, 0.25) is 0 Å². The molecule has 5 heteroatoms. The van der Waals surface area contributed by atoms with Crippen molar-refractivity contribution in [2.75, 3.05) is 7.11 Å². The van der Waals surface area contributed by atoms with Crippen LogP contribution in [0.5, 0.6) is 11.5 Å². The zero-order valence-corrected chi connectivity index (χ0v) is 17.7. The molecule has 0 amide bonds. The third-order valence-corrected chi connectivity index (χ3v) is 7.65. The number of fused-ring (bicyclic) bond motifs is 2. The van der Waals surface area contributed by atoms with Crippen LogP contribution in [-0.4, -0.2) is 24.3 Å². The molecule has 3 aliphatic carbocycles. The number of carboxylic acids is 1. The molecule has 0 bridgehead atoms. The van der Waals surface area contributed by atoms with Crippen LogP contribution in [0, 0.1) is 29.1 Å². The second kappa shape index (κ2) is 7.60. The molecule has 0 radical (unpaired) electrons. The Bertz CT molecular complexity index is 1020. The van der Waals surface area contributed by atoms with Crippen molar-refractivity contribution in [1.82, 2.24) is 0 Å². The number of nitriles is 1. The Kier molecular flexibility index (Phi) is 4.89. The highest BCUT2D eigenvalue weighted by Gasteiger charge is 2.52. The Labute approximate surface area is 182 Å². The van der Waals surface area contributed by atoms with Gasteiger partial charge < -0.3 is 14.6 Å². The third-order valence-electron chi connectivity index (χ3n) is 7.65. The zero-order valence-electron chi connectivity index (χ0n) is 17.7. The number of rotatable bonds is 5. The molecule has 0 aromatic heterocycles. The van der Waals surface area contributed by atoms with Crippen LogP contribution in [0.3, 0.4) is 0 Å². The Morgan fingerprint density at radius 1 is 1.06 bits per heavy atom. The summed E-state index contributed by atoms with van der Waals surface area (Å²) in [5.74, 6) is 1.01. The summed E-state index contributed by atoms with van der Waals surface area (Å²) in [5.41, 5.74) is 3.03. The van der Waals surface area contributed by atoms with Gasteiger partial charge in [0.25, 0.3) is 0 Å². The van der Waals surface area contributed by atoms with Gasteiger partial charge in [0, 0.05) is 12.8 Å². The molecule has 160 valence electrons. The number of hydrogen-bond donors (Lipinski definition) is 1. The summed E-state index contributed by atoms with van der Waals surface area (Å²) in [7, 11) is 1.64. The minimum Gasteiger partial charge on any atom is -0.493 e. The molecule has 31 heavy (non-hydrogen) atoms. The van der Waals surface area contributed by atoms with Crippen molar-refractivity contribution < 1.29 is 19.4 Å². The summed E-state index contributed by atoms with van der Waals surface area (Å²) in [6.45, 7) is 0. The number of ether oxygens (including phenoxy) is 2. The molecule has 2 saturated carbocycles. The SMILES string of the molecule is COc1ccc(C2(C#N)C[C@H]3CC(C(=O)O)C[C@H]3C2)cc1OC1Cc2ccccc2C1. The Morgan fingerprint density at radius 3 is 2.26 bits per heavy atom. The number of aliphatic carboxylic acids is 1. The van der Waals surface area contributed by atoms with E-state index in [1.54, 1.807) is 7.11 Å². The van der Waals surface area contributed by atoms with Gasteiger partial charge >= 0.3 is 5.97 Å². The van der Waals surface area contributed by atoms with Gasteiger partial charge in [0.1, 0.15) is 6.10 Å². The fourth-order valence-electron chi connectivity index (χ4n) is 6.13. The van der Waals surface area contributed by atoms with Crippen molar-refractivity contribution in [3.8, 4) is 17.6 Å². The molecular formula is C26H27NO4. The first-order valence-electron chi connectivity index (χ1n) is 11.1. The number of carbonyl (C=O) groups is 1. The van der Waals surface area contributed by atoms with E-state index in [2.05, 4.69) is 30.3 Å². The number of hydrogen-bond acceptors (Lipinski definition) is 4. The molecule has 2 unspecified atom stereocenters. The van der Waals surface area contributed by atoms with Crippen molar-refractivity contribution in [3.05, 3.63) is 59.2 Å². The molecule has 0 heterocycles. The van der Waals surface area contributed by atoms with Gasteiger partial charge in [-0.15, -0.1) is 0 Å². The van der Waals surface area contributed by atoms with Crippen LogP contribution in [-0.2, 0) is 23.1 Å². The Hall–Kier alpha value is -3.00. The third kappa shape index (κ3) is 3.44. The topological polar surface area (TPSA) is 79.5 Å². The second-order valence-electron chi connectivity index (χ2n) is 9.41. The Balaban J connectivity index is 1.38. The van der Waals surface area contributed by atoms with Gasteiger partial charge in [-0.3, -0.25) is 4.79 Å². The van der Waals surface area contributed by atoms with E-state index in [4.69, 9.17) is 9.47 Å². The highest BCUT2D eigenvalue weighted by atomic mass is 16.5. The molecule has 2 fully saturated rings. The lowest BCUT2D eigenvalue weighted by Gasteiger charge is -2.25. The second-order valence-corrected chi connectivity index (χ2v) is 9.41. The number of nitrogens with zero attached hydrogens (tertiary/aromatic N) is 1. The van der Waals surface area contributed by atoms with E-state index < -0.39 is 11.4 Å². The molecular weight excluding hydrogens is 390 g/mol. The molecule has 2 aromatic rings. The van der Waals surface area contributed by atoms with Gasteiger partial charge in [-0.2, -0.15) is 5.26 Å². The van der Waals surface area contributed by atoms with Crippen molar-refractivity contribution in [3.63, 3.8) is 0 Å². The molecule has 2 aromatic carbocycles. The summed E-state index contributed by atoms with van der Waals surface area (Å²) < 4.78 is 12.0. The minimum atomic E-state index is -0.699. The number of carboxylic acid groups (broad SMARTS) is 1. The molecule has 0 spiro atoms. The first kappa shape index (κ1) is 19.9. The van der Waals surface area contributed by atoms with Crippen LogP contribution in [0.1, 0.15) is 42.4 Å². The maximum Gasteiger partial charge on any atom is 0.306 e. The highest BCUT2D eigenvalue weighted by molar-refractivity contribution is 5.70. The van der Waals surface area contributed by atoms with E-state index in [1.165, 1.54) is 11.1 Å². The standard InChI is InChI=1S/C26H27NO4/c1-30-23-7-6-21(12-24(23)31-22-10-16-4-2-3-5-17(16)11-22)26(15-27)13-19-8-18(25(28)29)9-20(19)14-26/h2-7,12,18-20,22H,8-11,13-14H2,1H3,(H,28,29)/t18?,19-,20+,26?. The van der Waals surface area contributed by atoms with Crippen LogP contribution in [0.25, 0.3) is 0 Å². The maximum absolute atomic E-state index is 11.4. The van der Waals surface area contributed by atoms with Crippen LogP contribution in [0.2, 0.25) is 0 Å².